The third-order valence-corrected chi connectivity index (χ3v) is 2.28. The first kappa shape index (κ1) is 10.4. The number of nitrogens with zero attached hydrogens (tertiary/aromatic N) is 3. The number of aryl methyl sites for hydroxylation is 2. The van der Waals surface area contributed by atoms with Gasteiger partial charge in [-0.1, -0.05) is 6.92 Å². The minimum atomic E-state index is -0.237. The Hall–Kier alpha value is -2.11. The largest absolute Gasteiger partial charge is 0.305 e. The van der Waals surface area contributed by atoms with Crippen molar-refractivity contribution in [3.63, 3.8) is 0 Å². The van der Waals surface area contributed by atoms with Crippen LogP contribution in [0.2, 0.25) is 0 Å². The van der Waals surface area contributed by atoms with Gasteiger partial charge in [0.15, 0.2) is 5.69 Å². The van der Waals surface area contributed by atoms with Gasteiger partial charge in [-0.3, -0.25) is 14.6 Å². The van der Waals surface area contributed by atoms with E-state index >= 15 is 0 Å². The lowest BCUT2D eigenvalue weighted by Gasteiger charge is -2.01. The molecule has 2 rings (SSSR count). The number of carbonyl (C=O) groups is 1. The molecule has 2 aromatic rings. The topological polar surface area (TPSA) is 75.6 Å². The lowest BCUT2D eigenvalue weighted by molar-refractivity contribution is 0.102. The summed E-state index contributed by atoms with van der Waals surface area (Å²) in [4.78, 5) is 11.8. The van der Waals surface area contributed by atoms with Gasteiger partial charge in [-0.25, -0.2) is 0 Å². The van der Waals surface area contributed by atoms with Crippen molar-refractivity contribution in [1.82, 2.24) is 20.0 Å². The minimum Gasteiger partial charge on any atom is -0.305 e. The number of hydrogen-bond donors (Lipinski definition) is 2. The molecular weight excluding hydrogens is 206 g/mol. The summed E-state index contributed by atoms with van der Waals surface area (Å²) in [7, 11) is 1.77. The SMILES string of the molecule is CCc1cn[nH]c1NC(=O)c1ccn(C)n1. The maximum Gasteiger partial charge on any atom is 0.277 e. The van der Waals surface area contributed by atoms with E-state index in [1.807, 2.05) is 6.92 Å². The van der Waals surface area contributed by atoms with Crippen molar-refractivity contribution in [1.29, 1.82) is 0 Å². The molecule has 0 fully saturated rings. The summed E-state index contributed by atoms with van der Waals surface area (Å²) < 4.78 is 1.59. The Morgan fingerprint density at radius 2 is 2.44 bits per heavy atom. The fourth-order valence-corrected chi connectivity index (χ4v) is 1.40. The Kier molecular flexibility index (Phi) is 2.72. The predicted molar refractivity (Wildman–Crippen MR) is 59.1 cm³/mol. The van der Waals surface area contributed by atoms with Crippen LogP contribution in [0.1, 0.15) is 23.0 Å². The molecule has 6 heteroatoms. The molecule has 0 aliphatic rings. The molecule has 0 atom stereocenters. The second-order valence-electron chi connectivity index (χ2n) is 3.45. The number of aromatic nitrogens is 4. The highest BCUT2D eigenvalue weighted by molar-refractivity contribution is 6.02. The van der Waals surface area contributed by atoms with Gasteiger partial charge in [0.25, 0.3) is 5.91 Å². The molecule has 2 aromatic heterocycles. The summed E-state index contributed by atoms with van der Waals surface area (Å²) in [5.41, 5.74) is 1.36. The Morgan fingerprint density at radius 1 is 1.62 bits per heavy atom. The molecule has 0 unspecified atom stereocenters. The molecule has 0 saturated heterocycles. The lowest BCUT2D eigenvalue weighted by Crippen LogP contribution is -2.14. The zero-order chi connectivity index (χ0) is 11.5. The van der Waals surface area contributed by atoms with E-state index in [4.69, 9.17) is 0 Å². The number of anilines is 1. The van der Waals surface area contributed by atoms with E-state index in [1.165, 1.54) is 0 Å². The highest BCUT2D eigenvalue weighted by atomic mass is 16.2. The van der Waals surface area contributed by atoms with Crippen LogP contribution in [0.5, 0.6) is 0 Å². The predicted octanol–water partition coefficient (Wildman–Crippen LogP) is 0.958. The molecule has 0 radical (unpaired) electrons. The fraction of sp³-hybridized carbons (Fsp3) is 0.300. The number of rotatable bonds is 3. The molecule has 0 aromatic carbocycles. The van der Waals surface area contributed by atoms with Gasteiger partial charge in [-0.05, 0) is 12.5 Å². The van der Waals surface area contributed by atoms with E-state index in [-0.39, 0.29) is 5.91 Å². The zero-order valence-corrected chi connectivity index (χ0v) is 9.19. The van der Waals surface area contributed by atoms with Crippen molar-refractivity contribution in [2.24, 2.45) is 7.05 Å². The van der Waals surface area contributed by atoms with E-state index in [9.17, 15) is 4.79 Å². The van der Waals surface area contributed by atoms with Gasteiger partial charge in [-0.15, -0.1) is 0 Å². The number of amides is 1. The first-order valence-corrected chi connectivity index (χ1v) is 5.04. The zero-order valence-electron chi connectivity index (χ0n) is 9.19. The quantitative estimate of drug-likeness (QED) is 0.807. The van der Waals surface area contributed by atoms with Gasteiger partial charge in [0.2, 0.25) is 0 Å². The maximum atomic E-state index is 11.8. The van der Waals surface area contributed by atoms with E-state index in [0.29, 0.717) is 11.5 Å². The Balaban J connectivity index is 2.13. The first-order valence-electron chi connectivity index (χ1n) is 5.04. The van der Waals surface area contributed by atoms with Gasteiger partial charge in [-0.2, -0.15) is 10.2 Å². The Bertz CT molecular complexity index is 499. The Labute approximate surface area is 92.7 Å². The summed E-state index contributed by atoms with van der Waals surface area (Å²) in [6.45, 7) is 2.00. The number of aromatic amines is 1. The number of H-pyrrole nitrogens is 1. The van der Waals surface area contributed by atoms with Crippen LogP contribution in [-0.4, -0.2) is 25.9 Å². The van der Waals surface area contributed by atoms with Gasteiger partial charge in [0, 0.05) is 18.8 Å². The molecule has 2 heterocycles. The molecule has 0 aliphatic heterocycles. The molecule has 84 valence electrons. The van der Waals surface area contributed by atoms with Crippen LogP contribution < -0.4 is 5.32 Å². The third kappa shape index (κ3) is 1.95. The molecular formula is C10H13N5O. The summed E-state index contributed by atoms with van der Waals surface area (Å²) in [6, 6.07) is 1.66. The van der Waals surface area contributed by atoms with Crippen LogP contribution in [0.25, 0.3) is 0 Å². The summed E-state index contributed by atoms with van der Waals surface area (Å²) >= 11 is 0. The normalized spacial score (nSPS) is 10.4. The standard InChI is InChI=1S/C10H13N5O/c1-3-7-6-11-13-9(7)12-10(16)8-4-5-15(2)14-8/h4-6H,3H2,1-2H3,(H2,11,12,13,16). The van der Waals surface area contributed by atoms with Crippen molar-refractivity contribution >= 4 is 11.7 Å². The van der Waals surface area contributed by atoms with E-state index in [2.05, 4.69) is 20.6 Å². The van der Waals surface area contributed by atoms with Gasteiger partial charge < -0.3 is 5.32 Å². The van der Waals surface area contributed by atoms with Gasteiger partial charge in [0.1, 0.15) is 5.82 Å². The average Bonchev–Trinajstić information content (AvgIpc) is 2.86. The fourth-order valence-electron chi connectivity index (χ4n) is 1.40. The highest BCUT2D eigenvalue weighted by Crippen LogP contribution is 2.12. The number of nitrogens with one attached hydrogen (secondary N) is 2. The summed E-state index contributed by atoms with van der Waals surface area (Å²) in [5, 5.41) is 13.4. The van der Waals surface area contributed by atoms with Crippen LogP contribution >= 0.6 is 0 Å². The molecule has 0 spiro atoms. The molecule has 0 aliphatic carbocycles. The van der Waals surface area contributed by atoms with Crippen LogP contribution in [0, 0.1) is 0 Å². The second kappa shape index (κ2) is 4.18. The highest BCUT2D eigenvalue weighted by Gasteiger charge is 2.11. The van der Waals surface area contributed by atoms with Crippen LogP contribution in [-0.2, 0) is 13.5 Å². The average molecular weight is 219 g/mol. The molecule has 1 amide bonds. The smallest absolute Gasteiger partial charge is 0.277 e. The van der Waals surface area contributed by atoms with E-state index < -0.39 is 0 Å². The van der Waals surface area contributed by atoms with Gasteiger partial charge >= 0.3 is 0 Å². The lowest BCUT2D eigenvalue weighted by atomic mass is 10.2. The van der Waals surface area contributed by atoms with Crippen molar-refractivity contribution in [2.45, 2.75) is 13.3 Å². The molecule has 16 heavy (non-hydrogen) atoms. The van der Waals surface area contributed by atoms with Crippen molar-refractivity contribution in [3.8, 4) is 0 Å². The van der Waals surface area contributed by atoms with Crippen molar-refractivity contribution in [2.75, 3.05) is 5.32 Å². The molecule has 0 saturated carbocycles. The summed E-state index contributed by atoms with van der Waals surface area (Å²) in [5.74, 6) is 0.401. The van der Waals surface area contributed by atoms with Crippen LogP contribution in [0.3, 0.4) is 0 Å². The number of carbonyl (C=O) groups excluding carboxylic acids is 1. The first-order chi connectivity index (χ1) is 7.70. The van der Waals surface area contributed by atoms with Crippen molar-refractivity contribution < 1.29 is 4.79 Å². The number of hydrogen-bond acceptors (Lipinski definition) is 3. The second-order valence-corrected chi connectivity index (χ2v) is 3.45. The monoisotopic (exact) mass is 219 g/mol. The van der Waals surface area contributed by atoms with E-state index in [0.717, 1.165) is 12.0 Å². The van der Waals surface area contributed by atoms with Crippen molar-refractivity contribution in [3.05, 3.63) is 29.7 Å². The van der Waals surface area contributed by atoms with Gasteiger partial charge in [0.05, 0.1) is 6.20 Å². The van der Waals surface area contributed by atoms with Crippen LogP contribution in [0.4, 0.5) is 5.82 Å². The molecule has 0 bridgehead atoms. The Morgan fingerprint density at radius 3 is 3.06 bits per heavy atom. The molecule has 6 nitrogen and oxygen atoms in total. The molecule has 2 N–H and O–H groups in total. The summed E-state index contributed by atoms with van der Waals surface area (Å²) in [6.07, 6.45) is 4.24. The minimum absolute atomic E-state index is 0.237. The van der Waals surface area contributed by atoms with E-state index in [1.54, 1.807) is 30.2 Å². The maximum absolute atomic E-state index is 11.8. The van der Waals surface area contributed by atoms with Crippen LogP contribution in [0.15, 0.2) is 18.5 Å². The third-order valence-electron chi connectivity index (χ3n) is 2.28.